The average Bonchev–Trinajstić information content (AvgIpc) is 2.90. The van der Waals surface area contributed by atoms with E-state index in [1.165, 1.54) is 96.3 Å². The number of carbonyl (C=O) groups is 1. The van der Waals surface area contributed by atoms with E-state index in [0.717, 1.165) is 19.3 Å². The van der Waals surface area contributed by atoms with Gasteiger partial charge in [-0.1, -0.05) is 122 Å². The summed E-state index contributed by atoms with van der Waals surface area (Å²) in [5, 5.41) is 48.3. The maximum Gasteiger partial charge on any atom is 0.318 e. The monoisotopic (exact) mass is 548 g/mol. The summed E-state index contributed by atoms with van der Waals surface area (Å²) in [6.07, 6.45) is 16.6. The number of aliphatic hydroxyl groups is 5. The molecule has 0 spiro atoms. The quantitative estimate of drug-likeness (QED) is 0.0671. The Hall–Kier alpha value is -0.810. The van der Waals surface area contributed by atoms with Crippen molar-refractivity contribution in [2.45, 2.75) is 173 Å². The predicted octanol–water partition coefficient (Wildman–Crippen LogP) is 4.44. The van der Waals surface area contributed by atoms with E-state index >= 15 is 0 Å². The van der Waals surface area contributed by atoms with Crippen LogP contribution in [0.25, 0.3) is 0 Å². The zero-order valence-electron chi connectivity index (χ0n) is 23.7. The smallest absolute Gasteiger partial charge is 0.318 e. The van der Waals surface area contributed by atoms with Gasteiger partial charge in [-0.3, -0.25) is 9.53 Å². The van der Waals surface area contributed by atoms with Crippen LogP contribution in [-0.2, 0) is 19.0 Å². The molecule has 6 atom stereocenters. The fraction of sp³-hybridized carbons (Fsp3) is 0.966. The molecule has 0 amide bonds. The Bertz CT molecular complexity index is 560. The first-order valence-corrected chi connectivity index (χ1v) is 15.2. The standard InChI is InChI=1S/C29H56O9/c1-2-3-4-5-6-7-8-9-10-11-12-13-14-15-16-17-18-19-20-21-24(31)37-29(35)38-28-27(34)26(33)25(32)23(22-30)36-28/h23,25-30,32-35H,2-22H2,1H3/t23-,25-,26+,27-,28+,29+/m1/s1. The van der Waals surface area contributed by atoms with Crippen molar-refractivity contribution in [3.05, 3.63) is 0 Å². The van der Waals surface area contributed by atoms with E-state index in [0.29, 0.717) is 6.42 Å². The minimum absolute atomic E-state index is 0.133. The van der Waals surface area contributed by atoms with Crippen LogP contribution in [0.15, 0.2) is 0 Å². The molecule has 0 aliphatic carbocycles. The molecule has 0 aromatic heterocycles. The third-order valence-corrected chi connectivity index (χ3v) is 7.32. The van der Waals surface area contributed by atoms with Gasteiger partial charge in [0, 0.05) is 6.42 Å². The van der Waals surface area contributed by atoms with Crippen LogP contribution in [0.2, 0.25) is 0 Å². The highest BCUT2D eigenvalue weighted by molar-refractivity contribution is 5.69. The third-order valence-electron chi connectivity index (χ3n) is 7.32. The number of hydrogen-bond donors (Lipinski definition) is 5. The summed E-state index contributed by atoms with van der Waals surface area (Å²) < 4.78 is 14.8. The maximum absolute atomic E-state index is 11.9. The molecule has 0 bridgehead atoms. The summed E-state index contributed by atoms with van der Waals surface area (Å²) in [4.78, 5) is 11.9. The second-order valence-electron chi connectivity index (χ2n) is 10.7. The van der Waals surface area contributed by atoms with Crippen LogP contribution in [-0.4, -0.2) is 75.3 Å². The van der Waals surface area contributed by atoms with Crippen LogP contribution in [0.5, 0.6) is 0 Å². The molecule has 38 heavy (non-hydrogen) atoms. The van der Waals surface area contributed by atoms with E-state index < -0.39 is 49.8 Å². The zero-order valence-corrected chi connectivity index (χ0v) is 23.7. The normalized spacial score (nSPS) is 24.4. The lowest BCUT2D eigenvalue weighted by molar-refractivity contribution is -0.368. The second kappa shape index (κ2) is 22.9. The molecular weight excluding hydrogens is 492 g/mol. The van der Waals surface area contributed by atoms with E-state index in [4.69, 9.17) is 19.3 Å². The summed E-state index contributed by atoms with van der Waals surface area (Å²) in [5.41, 5.74) is 0. The lowest BCUT2D eigenvalue weighted by atomic mass is 9.99. The van der Waals surface area contributed by atoms with Gasteiger partial charge in [0.1, 0.15) is 24.4 Å². The van der Waals surface area contributed by atoms with Crippen molar-refractivity contribution >= 4 is 5.97 Å². The first kappa shape index (κ1) is 35.2. The van der Waals surface area contributed by atoms with Gasteiger partial charge in [0.15, 0.2) is 6.29 Å². The van der Waals surface area contributed by atoms with Crippen molar-refractivity contribution in [2.75, 3.05) is 6.61 Å². The number of esters is 1. The molecule has 0 radical (unpaired) electrons. The molecule has 0 aromatic carbocycles. The predicted molar refractivity (Wildman–Crippen MR) is 145 cm³/mol. The van der Waals surface area contributed by atoms with E-state index in [9.17, 15) is 25.2 Å². The van der Waals surface area contributed by atoms with Gasteiger partial charge < -0.3 is 35.0 Å². The molecule has 9 heteroatoms. The molecule has 1 heterocycles. The fourth-order valence-corrected chi connectivity index (χ4v) is 4.84. The Labute approximate surface area is 229 Å². The summed E-state index contributed by atoms with van der Waals surface area (Å²) in [5.74, 6) is -0.644. The van der Waals surface area contributed by atoms with E-state index in [2.05, 4.69) is 6.92 Å². The van der Waals surface area contributed by atoms with Crippen LogP contribution in [0.1, 0.15) is 135 Å². The minimum atomic E-state index is -2.00. The van der Waals surface area contributed by atoms with Gasteiger partial charge in [-0.15, -0.1) is 0 Å². The second-order valence-corrected chi connectivity index (χ2v) is 10.7. The third kappa shape index (κ3) is 16.3. The highest BCUT2D eigenvalue weighted by atomic mass is 16.9. The zero-order chi connectivity index (χ0) is 28.0. The van der Waals surface area contributed by atoms with Crippen molar-refractivity contribution in [2.24, 2.45) is 0 Å². The molecule has 1 rings (SSSR count). The average molecular weight is 549 g/mol. The van der Waals surface area contributed by atoms with Crippen LogP contribution in [0.3, 0.4) is 0 Å². The summed E-state index contributed by atoms with van der Waals surface area (Å²) >= 11 is 0. The van der Waals surface area contributed by atoms with E-state index in [-0.39, 0.29) is 6.42 Å². The Morgan fingerprint density at radius 3 is 1.53 bits per heavy atom. The van der Waals surface area contributed by atoms with Gasteiger partial charge in [-0.05, 0) is 6.42 Å². The molecule has 0 unspecified atom stereocenters. The van der Waals surface area contributed by atoms with Gasteiger partial charge in [0.05, 0.1) is 6.61 Å². The molecular formula is C29H56O9. The van der Waals surface area contributed by atoms with E-state index in [1.54, 1.807) is 0 Å². The van der Waals surface area contributed by atoms with Crippen LogP contribution >= 0.6 is 0 Å². The van der Waals surface area contributed by atoms with Gasteiger partial charge in [0.2, 0.25) is 0 Å². The SMILES string of the molecule is CCCCCCCCCCCCCCCCCCCCCC(=O)O[C@H](O)O[C@@H]1O[C@H](CO)[C@@H](O)[C@H](O)[C@H]1O. The number of rotatable bonds is 24. The van der Waals surface area contributed by atoms with Gasteiger partial charge in [-0.2, -0.15) is 0 Å². The lowest BCUT2D eigenvalue weighted by Crippen LogP contribution is -2.59. The van der Waals surface area contributed by atoms with Crippen LogP contribution in [0.4, 0.5) is 0 Å². The molecule has 0 saturated carbocycles. The topological polar surface area (TPSA) is 146 Å². The van der Waals surface area contributed by atoms with Gasteiger partial charge >= 0.3 is 12.4 Å². The first-order valence-electron chi connectivity index (χ1n) is 15.2. The van der Waals surface area contributed by atoms with Crippen molar-refractivity contribution in [3.8, 4) is 0 Å². The van der Waals surface area contributed by atoms with Crippen molar-refractivity contribution in [1.29, 1.82) is 0 Å². The highest BCUT2D eigenvalue weighted by Crippen LogP contribution is 2.23. The Morgan fingerprint density at radius 1 is 0.684 bits per heavy atom. The molecule has 1 aliphatic rings. The number of unbranched alkanes of at least 4 members (excludes halogenated alkanes) is 18. The fourth-order valence-electron chi connectivity index (χ4n) is 4.84. The first-order chi connectivity index (χ1) is 18.4. The summed E-state index contributed by atoms with van der Waals surface area (Å²) in [6, 6.07) is 0. The summed E-state index contributed by atoms with van der Waals surface area (Å²) in [6.45, 7) is -0.357. The molecule has 0 aromatic rings. The Kier molecular flexibility index (Phi) is 21.3. The Morgan fingerprint density at radius 2 is 1.11 bits per heavy atom. The van der Waals surface area contributed by atoms with Gasteiger partial charge in [0.25, 0.3) is 0 Å². The molecule has 1 saturated heterocycles. The molecule has 5 N–H and O–H groups in total. The highest BCUT2D eigenvalue weighted by Gasteiger charge is 2.45. The minimum Gasteiger partial charge on any atom is -0.410 e. The van der Waals surface area contributed by atoms with Crippen molar-refractivity contribution in [1.82, 2.24) is 0 Å². The number of aliphatic hydroxyl groups excluding tert-OH is 5. The number of carbonyl (C=O) groups excluding carboxylic acids is 1. The van der Waals surface area contributed by atoms with Crippen molar-refractivity contribution < 1.29 is 44.5 Å². The lowest BCUT2D eigenvalue weighted by Gasteiger charge is -2.39. The molecule has 1 fully saturated rings. The van der Waals surface area contributed by atoms with E-state index in [1.807, 2.05) is 0 Å². The molecule has 226 valence electrons. The van der Waals surface area contributed by atoms with Crippen LogP contribution in [0, 0.1) is 0 Å². The number of hydrogen-bond acceptors (Lipinski definition) is 9. The van der Waals surface area contributed by atoms with Crippen LogP contribution < -0.4 is 0 Å². The number of ether oxygens (including phenoxy) is 3. The summed E-state index contributed by atoms with van der Waals surface area (Å²) in [7, 11) is 0. The van der Waals surface area contributed by atoms with Crippen molar-refractivity contribution in [3.63, 3.8) is 0 Å². The maximum atomic E-state index is 11.9. The van der Waals surface area contributed by atoms with Gasteiger partial charge in [-0.25, -0.2) is 0 Å². The Balaban J connectivity index is 1.90. The largest absolute Gasteiger partial charge is 0.410 e. The molecule has 9 nitrogen and oxygen atoms in total. The molecule has 1 aliphatic heterocycles.